The average Bonchev–Trinajstić information content (AvgIpc) is 3.05. The molecule has 0 aromatic heterocycles. The van der Waals surface area contributed by atoms with Crippen molar-refractivity contribution in [3.63, 3.8) is 0 Å². The third kappa shape index (κ3) is 3.88. The largest absolute Gasteiger partial charge is 0.496 e. The van der Waals surface area contributed by atoms with E-state index in [0.717, 1.165) is 5.56 Å². The van der Waals surface area contributed by atoms with Crippen LogP contribution in [-0.2, 0) is 19.1 Å². The standard InChI is InChI=1S/C20H18O5/c1-23-17-10-6-5-9-15(17)13-16(14-7-3-2-4-8-14)19(21)25-18-11-12-24-20(18)22/h2-10,13,18H,11-12H2,1H3/b16-13+/t18-/m0/s1. The number of benzene rings is 2. The Hall–Kier alpha value is -3.08. The van der Waals surface area contributed by atoms with E-state index in [1.54, 1.807) is 13.2 Å². The molecule has 1 aliphatic heterocycles. The molecule has 2 aromatic carbocycles. The highest BCUT2D eigenvalue weighted by atomic mass is 16.6. The highest BCUT2D eigenvalue weighted by molar-refractivity contribution is 6.22. The number of cyclic esters (lactones) is 1. The Morgan fingerprint density at radius 1 is 1.12 bits per heavy atom. The monoisotopic (exact) mass is 338 g/mol. The first-order valence-electron chi connectivity index (χ1n) is 7.97. The molecule has 5 nitrogen and oxygen atoms in total. The van der Waals surface area contributed by atoms with Crippen LogP contribution in [0.2, 0.25) is 0 Å². The van der Waals surface area contributed by atoms with Gasteiger partial charge in [0.15, 0.2) is 0 Å². The maximum Gasteiger partial charge on any atom is 0.347 e. The number of carbonyl (C=O) groups excluding carboxylic acids is 2. The summed E-state index contributed by atoms with van der Waals surface area (Å²) in [6, 6.07) is 16.5. The second-order valence-electron chi connectivity index (χ2n) is 5.52. The maximum absolute atomic E-state index is 12.7. The predicted octanol–water partition coefficient (Wildman–Crippen LogP) is 3.09. The summed E-state index contributed by atoms with van der Waals surface area (Å²) in [5, 5.41) is 0. The summed E-state index contributed by atoms with van der Waals surface area (Å²) in [4.78, 5) is 24.3. The number of methoxy groups -OCH3 is 1. The van der Waals surface area contributed by atoms with Gasteiger partial charge >= 0.3 is 11.9 Å². The number of esters is 2. The Morgan fingerprint density at radius 2 is 1.84 bits per heavy atom. The van der Waals surface area contributed by atoms with Crippen molar-refractivity contribution in [2.45, 2.75) is 12.5 Å². The number of rotatable bonds is 5. The first-order valence-corrected chi connectivity index (χ1v) is 7.97. The van der Waals surface area contributed by atoms with Gasteiger partial charge in [-0.2, -0.15) is 0 Å². The lowest BCUT2D eigenvalue weighted by Gasteiger charge is -2.12. The van der Waals surface area contributed by atoms with Gasteiger partial charge in [-0.25, -0.2) is 9.59 Å². The Balaban J connectivity index is 1.96. The minimum atomic E-state index is -0.850. The van der Waals surface area contributed by atoms with Crippen LogP contribution in [0.15, 0.2) is 54.6 Å². The van der Waals surface area contributed by atoms with Gasteiger partial charge in [-0.05, 0) is 17.7 Å². The molecule has 25 heavy (non-hydrogen) atoms. The molecule has 1 saturated heterocycles. The van der Waals surface area contributed by atoms with Crippen LogP contribution in [0.25, 0.3) is 11.6 Å². The van der Waals surface area contributed by atoms with Crippen molar-refractivity contribution in [2.24, 2.45) is 0 Å². The summed E-state index contributed by atoms with van der Waals surface area (Å²) in [5.74, 6) is -0.428. The van der Waals surface area contributed by atoms with E-state index in [0.29, 0.717) is 23.3 Å². The minimum Gasteiger partial charge on any atom is -0.496 e. The number of ether oxygens (including phenoxy) is 3. The highest BCUT2D eigenvalue weighted by Crippen LogP contribution is 2.26. The van der Waals surface area contributed by atoms with Crippen molar-refractivity contribution in [1.82, 2.24) is 0 Å². The summed E-state index contributed by atoms with van der Waals surface area (Å²) in [6.45, 7) is 0.272. The molecule has 1 aliphatic rings. The first kappa shape index (κ1) is 16.8. The molecule has 1 fully saturated rings. The van der Waals surface area contributed by atoms with E-state index in [1.807, 2.05) is 54.6 Å². The van der Waals surface area contributed by atoms with Crippen LogP contribution in [0, 0.1) is 0 Å². The molecule has 2 aromatic rings. The van der Waals surface area contributed by atoms with E-state index in [1.165, 1.54) is 0 Å². The van der Waals surface area contributed by atoms with Crippen molar-refractivity contribution in [3.05, 3.63) is 65.7 Å². The molecule has 0 radical (unpaired) electrons. The van der Waals surface area contributed by atoms with E-state index in [2.05, 4.69) is 0 Å². The molecule has 0 spiro atoms. The smallest absolute Gasteiger partial charge is 0.347 e. The molecule has 1 heterocycles. The number of hydrogen-bond donors (Lipinski definition) is 0. The molecule has 3 rings (SSSR count). The summed E-state index contributed by atoms with van der Waals surface area (Å²) < 4.78 is 15.6. The van der Waals surface area contributed by atoms with Crippen LogP contribution in [0.5, 0.6) is 5.75 Å². The summed E-state index contributed by atoms with van der Waals surface area (Å²) in [6.07, 6.45) is 1.23. The van der Waals surface area contributed by atoms with Gasteiger partial charge in [0.2, 0.25) is 6.10 Å². The van der Waals surface area contributed by atoms with Crippen LogP contribution in [0.3, 0.4) is 0 Å². The topological polar surface area (TPSA) is 61.8 Å². The first-order chi connectivity index (χ1) is 12.2. The fourth-order valence-electron chi connectivity index (χ4n) is 2.60. The molecular weight excluding hydrogens is 320 g/mol. The lowest BCUT2D eigenvalue weighted by Crippen LogP contribution is -2.23. The molecule has 0 unspecified atom stereocenters. The molecule has 0 saturated carbocycles. The summed E-state index contributed by atoms with van der Waals surface area (Å²) in [7, 11) is 1.57. The van der Waals surface area contributed by atoms with Gasteiger partial charge in [-0.3, -0.25) is 0 Å². The summed E-state index contributed by atoms with van der Waals surface area (Å²) in [5.41, 5.74) is 1.80. The van der Waals surface area contributed by atoms with E-state index in [4.69, 9.17) is 14.2 Å². The van der Waals surface area contributed by atoms with Crippen LogP contribution in [0.4, 0.5) is 0 Å². The second-order valence-corrected chi connectivity index (χ2v) is 5.52. The van der Waals surface area contributed by atoms with Crippen LogP contribution in [0.1, 0.15) is 17.5 Å². The lowest BCUT2D eigenvalue weighted by molar-refractivity contribution is -0.156. The molecular formula is C20H18O5. The minimum absolute atomic E-state index is 0.272. The van der Waals surface area contributed by atoms with E-state index in [9.17, 15) is 9.59 Å². The molecule has 1 atom stereocenters. The molecule has 0 bridgehead atoms. The maximum atomic E-state index is 12.7. The zero-order valence-corrected chi connectivity index (χ0v) is 13.8. The fourth-order valence-corrected chi connectivity index (χ4v) is 2.60. The zero-order chi connectivity index (χ0) is 17.6. The Kier molecular flexibility index (Phi) is 5.14. The second kappa shape index (κ2) is 7.66. The van der Waals surface area contributed by atoms with E-state index in [-0.39, 0.29) is 6.61 Å². The number of hydrogen-bond acceptors (Lipinski definition) is 5. The molecule has 0 amide bonds. The fraction of sp³-hybridized carbons (Fsp3) is 0.200. The van der Waals surface area contributed by atoms with Gasteiger partial charge < -0.3 is 14.2 Å². The molecule has 5 heteroatoms. The molecule has 0 N–H and O–H groups in total. The van der Waals surface area contributed by atoms with Gasteiger partial charge in [-0.1, -0.05) is 48.5 Å². The Labute approximate surface area is 145 Å². The molecule has 0 aliphatic carbocycles. The van der Waals surface area contributed by atoms with Gasteiger partial charge in [0.05, 0.1) is 19.3 Å². The van der Waals surface area contributed by atoms with Gasteiger partial charge in [0.25, 0.3) is 0 Å². The molecule has 128 valence electrons. The lowest BCUT2D eigenvalue weighted by atomic mass is 10.0. The van der Waals surface area contributed by atoms with Gasteiger partial charge in [-0.15, -0.1) is 0 Å². The van der Waals surface area contributed by atoms with Crippen molar-refractivity contribution >= 4 is 23.6 Å². The van der Waals surface area contributed by atoms with E-state index < -0.39 is 18.0 Å². The van der Waals surface area contributed by atoms with Gasteiger partial charge in [0, 0.05) is 12.0 Å². The van der Waals surface area contributed by atoms with Crippen LogP contribution >= 0.6 is 0 Å². The van der Waals surface area contributed by atoms with Crippen molar-refractivity contribution in [2.75, 3.05) is 13.7 Å². The van der Waals surface area contributed by atoms with Crippen molar-refractivity contribution in [3.8, 4) is 5.75 Å². The average molecular weight is 338 g/mol. The van der Waals surface area contributed by atoms with Crippen LogP contribution < -0.4 is 4.74 Å². The predicted molar refractivity (Wildman–Crippen MR) is 92.8 cm³/mol. The Bertz CT molecular complexity index is 795. The Morgan fingerprint density at radius 3 is 2.52 bits per heavy atom. The number of carbonyl (C=O) groups is 2. The van der Waals surface area contributed by atoms with Crippen molar-refractivity contribution < 1.29 is 23.8 Å². The van der Waals surface area contributed by atoms with E-state index >= 15 is 0 Å². The quantitative estimate of drug-likeness (QED) is 0.476. The normalized spacial score (nSPS) is 17.1. The summed E-state index contributed by atoms with van der Waals surface area (Å²) >= 11 is 0. The third-order valence-corrected chi connectivity index (χ3v) is 3.88. The van der Waals surface area contributed by atoms with Crippen LogP contribution in [-0.4, -0.2) is 31.8 Å². The number of para-hydroxylation sites is 1. The van der Waals surface area contributed by atoms with Gasteiger partial charge in [0.1, 0.15) is 5.75 Å². The van der Waals surface area contributed by atoms with Crippen molar-refractivity contribution in [1.29, 1.82) is 0 Å². The SMILES string of the molecule is COc1ccccc1/C=C(/C(=O)O[C@H]1CCOC1=O)c1ccccc1. The zero-order valence-electron chi connectivity index (χ0n) is 13.8. The highest BCUT2D eigenvalue weighted by Gasteiger charge is 2.31. The third-order valence-electron chi connectivity index (χ3n) is 3.88.